The van der Waals surface area contributed by atoms with Crippen molar-refractivity contribution in [3.8, 4) is 11.5 Å². The fraction of sp³-hybridized carbons (Fsp3) is 0.222. The molecule has 76 valence electrons. The molecule has 0 aliphatic carbocycles. The van der Waals surface area contributed by atoms with Crippen LogP contribution in [0.15, 0.2) is 12.1 Å². The van der Waals surface area contributed by atoms with Gasteiger partial charge in [0.15, 0.2) is 23.1 Å². The zero-order valence-corrected chi connectivity index (χ0v) is 7.33. The summed E-state index contributed by atoms with van der Waals surface area (Å²) in [6, 6.07) is 2.17. The number of nitrogens with two attached hydrogens (primary N) is 1. The third-order valence-electron chi connectivity index (χ3n) is 1.77. The van der Waals surface area contributed by atoms with Crippen molar-refractivity contribution >= 4 is 5.78 Å². The largest absolute Gasteiger partial charge is 0.504 e. The number of phenolic OH excluding ortho intramolecular Hbond substituents is 2. The van der Waals surface area contributed by atoms with E-state index < -0.39 is 23.1 Å². The van der Waals surface area contributed by atoms with Gasteiger partial charge >= 0.3 is 0 Å². The molecule has 5 heteroatoms. The van der Waals surface area contributed by atoms with E-state index in [1.165, 1.54) is 0 Å². The van der Waals surface area contributed by atoms with Crippen LogP contribution in [0.25, 0.3) is 0 Å². The van der Waals surface area contributed by atoms with Gasteiger partial charge in [0, 0.05) is 6.42 Å². The molecule has 1 aromatic carbocycles. The summed E-state index contributed by atoms with van der Waals surface area (Å²) in [5.74, 6) is -3.11. The topological polar surface area (TPSA) is 83.6 Å². The summed E-state index contributed by atoms with van der Waals surface area (Å²) in [5.41, 5.74) is 4.87. The molecule has 0 bridgehead atoms. The number of halogens is 1. The molecule has 0 spiro atoms. The van der Waals surface area contributed by atoms with Crippen molar-refractivity contribution in [1.82, 2.24) is 0 Å². The Morgan fingerprint density at radius 2 is 2.07 bits per heavy atom. The molecule has 0 amide bonds. The average Bonchev–Trinajstić information content (AvgIpc) is 2.15. The van der Waals surface area contributed by atoms with Gasteiger partial charge in [0.05, 0.1) is 5.56 Å². The van der Waals surface area contributed by atoms with Gasteiger partial charge in [0.2, 0.25) is 0 Å². The van der Waals surface area contributed by atoms with Gasteiger partial charge in [0.1, 0.15) is 0 Å². The predicted octanol–water partition coefficient (Wildman–Crippen LogP) is 0.768. The first-order chi connectivity index (χ1) is 6.57. The number of carbonyl (C=O) groups excluding carboxylic acids is 1. The first-order valence-corrected chi connectivity index (χ1v) is 4.01. The highest BCUT2D eigenvalue weighted by Gasteiger charge is 2.16. The Kier molecular flexibility index (Phi) is 3.03. The monoisotopic (exact) mass is 199 g/mol. The lowest BCUT2D eigenvalue weighted by Gasteiger charge is -2.04. The Hall–Kier alpha value is -1.62. The van der Waals surface area contributed by atoms with E-state index in [2.05, 4.69) is 0 Å². The van der Waals surface area contributed by atoms with E-state index in [0.717, 1.165) is 12.1 Å². The van der Waals surface area contributed by atoms with E-state index >= 15 is 0 Å². The van der Waals surface area contributed by atoms with Crippen molar-refractivity contribution in [3.63, 3.8) is 0 Å². The van der Waals surface area contributed by atoms with Crippen LogP contribution in [-0.4, -0.2) is 22.5 Å². The molecule has 14 heavy (non-hydrogen) atoms. The highest BCUT2D eigenvalue weighted by Crippen LogP contribution is 2.30. The molecule has 0 heterocycles. The smallest absolute Gasteiger partial charge is 0.194 e. The summed E-state index contributed by atoms with van der Waals surface area (Å²) in [5, 5.41) is 17.9. The molecule has 0 aliphatic heterocycles. The normalized spacial score (nSPS) is 10.1. The van der Waals surface area contributed by atoms with Crippen LogP contribution in [0.4, 0.5) is 4.39 Å². The summed E-state index contributed by atoms with van der Waals surface area (Å²) in [4.78, 5) is 11.2. The van der Waals surface area contributed by atoms with E-state index in [4.69, 9.17) is 15.9 Å². The summed E-state index contributed by atoms with van der Waals surface area (Å²) in [6.07, 6.45) is 0.00113. The van der Waals surface area contributed by atoms with Crippen molar-refractivity contribution in [2.45, 2.75) is 6.42 Å². The lowest BCUT2D eigenvalue weighted by Crippen LogP contribution is -2.09. The molecule has 0 aromatic heterocycles. The molecular formula is C9H10FNO3. The number of hydrogen-bond donors (Lipinski definition) is 3. The van der Waals surface area contributed by atoms with Crippen LogP contribution in [0.3, 0.4) is 0 Å². The molecule has 0 radical (unpaired) electrons. The van der Waals surface area contributed by atoms with Gasteiger partial charge < -0.3 is 15.9 Å². The van der Waals surface area contributed by atoms with Crippen LogP contribution >= 0.6 is 0 Å². The lowest BCUT2D eigenvalue weighted by molar-refractivity contribution is 0.0980. The molecule has 0 aliphatic rings. The Morgan fingerprint density at radius 3 is 2.64 bits per heavy atom. The Labute approximate surface area is 79.8 Å². The highest BCUT2D eigenvalue weighted by molar-refractivity contribution is 5.97. The van der Waals surface area contributed by atoms with E-state index in [9.17, 15) is 9.18 Å². The van der Waals surface area contributed by atoms with Gasteiger partial charge in [-0.3, -0.25) is 4.79 Å². The molecule has 1 aromatic rings. The average molecular weight is 199 g/mol. The second-order valence-corrected chi connectivity index (χ2v) is 2.76. The molecule has 0 saturated heterocycles. The lowest BCUT2D eigenvalue weighted by atomic mass is 10.1. The van der Waals surface area contributed by atoms with Crippen LogP contribution in [0.5, 0.6) is 11.5 Å². The third-order valence-corrected chi connectivity index (χ3v) is 1.77. The summed E-state index contributed by atoms with van der Waals surface area (Å²) in [6.45, 7) is 0.111. The first kappa shape index (κ1) is 10.5. The van der Waals surface area contributed by atoms with Gasteiger partial charge in [-0.2, -0.15) is 0 Å². The Balaban J connectivity index is 3.11. The number of benzene rings is 1. The summed E-state index contributed by atoms with van der Waals surface area (Å²) >= 11 is 0. The zero-order valence-electron chi connectivity index (χ0n) is 7.33. The summed E-state index contributed by atoms with van der Waals surface area (Å²) < 4.78 is 13.2. The number of aromatic hydroxyl groups is 2. The van der Waals surface area contributed by atoms with Crippen LogP contribution in [0.1, 0.15) is 16.8 Å². The number of hydrogen-bond acceptors (Lipinski definition) is 4. The van der Waals surface area contributed by atoms with Crippen molar-refractivity contribution in [1.29, 1.82) is 0 Å². The molecule has 0 fully saturated rings. The first-order valence-electron chi connectivity index (χ1n) is 4.01. The molecule has 4 nitrogen and oxygen atoms in total. The second kappa shape index (κ2) is 4.06. The molecule has 0 unspecified atom stereocenters. The van der Waals surface area contributed by atoms with Gasteiger partial charge in [-0.1, -0.05) is 0 Å². The van der Waals surface area contributed by atoms with Crippen LogP contribution in [0, 0.1) is 5.82 Å². The van der Waals surface area contributed by atoms with E-state index in [1.54, 1.807) is 0 Å². The second-order valence-electron chi connectivity index (χ2n) is 2.76. The number of rotatable bonds is 3. The van der Waals surface area contributed by atoms with E-state index in [1.807, 2.05) is 0 Å². The maximum atomic E-state index is 13.2. The number of carbonyl (C=O) groups is 1. The molecule has 4 N–H and O–H groups in total. The van der Waals surface area contributed by atoms with Crippen molar-refractivity contribution in [2.75, 3.05) is 6.54 Å². The molecule has 0 saturated carbocycles. The maximum Gasteiger partial charge on any atom is 0.194 e. The fourth-order valence-electron chi connectivity index (χ4n) is 1.04. The molecular weight excluding hydrogens is 189 g/mol. The molecule has 0 atom stereocenters. The third kappa shape index (κ3) is 1.82. The maximum absolute atomic E-state index is 13.2. The van der Waals surface area contributed by atoms with Crippen molar-refractivity contribution < 1.29 is 19.4 Å². The van der Waals surface area contributed by atoms with Crippen LogP contribution < -0.4 is 5.73 Å². The number of Topliss-reactive ketones (excluding diaryl/α,β-unsaturated/α-hetero) is 1. The quantitative estimate of drug-likeness (QED) is 0.496. The van der Waals surface area contributed by atoms with Crippen molar-refractivity contribution in [2.24, 2.45) is 5.73 Å². The van der Waals surface area contributed by atoms with Crippen molar-refractivity contribution in [3.05, 3.63) is 23.5 Å². The predicted molar refractivity (Wildman–Crippen MR) is 47.7 cm³/mol. The minimum atomic E-state index is -1.11. The highest BCUT2D eigenvalue weighted by atomic mass is 19.1. The fourth-order valence-corrected chi connectivity index (χ4v) is 1.04. The standard InChI is InChI=1S/C9H10FNO3/c10-8-5(6(12)3-4-11)1-2-7(13)9(8)14/h1-2,13-14H,3-4,11H2. The van der Waals surface area contributed by atoms with Gasteiger partial charge in [-0.15, -0.1) is 0 Å². The van der Waals surface area contributed by atoms with Gasteiger partial charge in [0.25, 0.3) is 0 Å². The minimum Gasteiger partial charge on any atom is -0.504 e. The Bertz CT molecular complexity index is 365. The number of phenols is 2. The summed E-state index contributed by atoms with van der Waals surface area (Å²) in [7, 11) is 0. The van der Waals surface area contributed by atoms with Crippen LogP contribution in [0.2, 0.25) is 0 Å². The SMILES string of the molecule is NCCC(=O)c1ccc(O)c(O)c1F. The van der Waals surface area contributed by atoms with Crippen LogP contribution in [-0.2, 0) is 0 Å². The van der Waals surface area contributed by atoms with Gasteiger partial charge in [-0.25, -0.2) is 4.39 Å². The van der Waals surface area contributed by atoms with Gasteiger partial charge in [-0.05, 0) is 18.7 Å². The number of ketones is 1. The van der Waals surface area contributed by atoms with E-state index in [-0.39, 0.29) is 18.5 Å². The Morgan fingerprint density at radius 1 is 1.43 bits per heavy atom. The zero-order chi connectivity index (χ0) is 10.7. The molecule has 1 rings (SSSR count). The van der Waals surface area contributed by atoms with E-state index in [0.29, 0.717) is 0 Å². The minimum absolute atomic E-state index is 0.00113.